The van der Waals surface area contributed by atoms with E-state index in [9.17, 15) is 13.2 Å². The molecule has 1 N–H and O–H groups in total. The summed E-state index contributed by atoms with van der Waals surface area (Å²) in [6.07, 6.45) is 0. The second-order valence-corrected chi connectivity index (χ2v) is 4.55. The van der Waals surface area contributed by atoms with Gasteiger partial charge in [-0.05, 0) is 24.2 Å². The van der Waals surface area contributed by atoms with Crippen molar-refractivity contribution >= 4 is 0 Å². The van der Waals surface area contributed by atoms with E-state index in [0.717, 1.165) is 12.1 Å². The summed E-state index contributed by atoms with van der Waals surface area (Å²) in [7, 11) is 1.33. The van der Waals surface area contributed by atoms with E-state index < -0.39 is 17.5 Å². The third-order valence-electron chi connectivity index (χ3n) is 3.15. The molecule has 0 radical (unpaired) electrons. The summed E-state index contributed by atoms with van der Waals surface area (Å²) < 4.78 is 46.6. The van der Waals surface area contributed by atoms with Crippen molar-refractivity contribution in [3.05, 3.63) is 53.3 Å². The van der Waals surface area contributed by atoms with E-state index >= 15 is 0 Å². The fourth-order valence-electron chi connectivity index (χ4n) is 2.07. The molecule has 112 valence electrons. The maximum atomic E-state index is 14.0. The molecular weight excluding hydrogens is 279 g/mol. The van der Waals surface area contributed by atoms with Crippen molar-refractivity contribution in [1.82, 2.24) is 5.32 Å². The number of halogens is 3. The van der Waals surface area contributed by atoms with Gasteiger partial charge in [0.15, 0.2) is 0 Å². The van der Waals surface area contributed by atoms with Crippen LogP contribution in [0, 0.1) is 17.5 Å². The fraction of sp³-hybridized carbons (Fsp3) is 0.250. The molecule has 0 aliphatic carbocycles. The smallest absolute Gasteiger partial charge is 0.137 e. The highest BCUT2D eigenvalue weighted by atomic mass is 19.1. The Hall–Kier alpha value is -2.01. The highest BCUT2D eigenvalue weighted by Crippen LogP contribution is 2.30. The van der Waals surface area contributed by atoms with E-state index in [-0.39, 0.29) is 11.3 Å². The third kappa shape index (κ3) is 3.36. The molecule has 21 heavy (non-hydrogen) atoms. The molecule has 0 amide bonds. The van der Waals surface area contributed by atoms with Crippen LogP contribution < -0.4 is 10.1 Å². The van der Waals surface area contributed by atoms with Gasteiger partial charge < -0.3 is 10.1 Å². The molecule has 0 atom stereocenters. The van der Waals surface area contributed by atoms with Gasteiger partial charge in [-0.2, -0.15) is 0 Å². The van der Waals surface area contributed by atoms with Crippen molar-refractivity contribution in [2.45, 2.75) is 13.5 Å². The van der Waals surface area contributed by atoms with Gasteiger partial charge in [0.2, 0.25) is 0 Å². The Morgan fingerprint density at radius 2 is 1.67 bits per heavy atom. The number of rotatable bonds is 5. The van der Waals surface area contributed by atoms with E-state index in [1.807, 2.05) is 6.92 Å². The number of methoxy groups -OCH3 is 1. The van der Waals surface area contributed by atoms with Crippen molar-refractivity contribution in [3.8, 4) is 16.9 Å². The lowest BCUT2D eigenvalue weighted by molar-refractivity contribution is 0.407. The topological polar surface area (TPSA) is 21.3 Å². The molecule has 0 fully saturated rings. The first-order chi connectivity index (χ1) is 10.1. The number of hydrogen-bond donors (Lipinski definition) is 1. The number of ether oxygens (including phenoxy) is 1. The molecule has 0 aromatic heterocycles. The van der Waals surface area contributed by atoms with E-state index in [1.54, 1.807) is 0 Å². The molecule has 2 aromatic carbocycles. The van der Waals surface area contributed by atoms with Crippen molar-refractivity contribution < 1.29 is 17.9 Å². The average molecular weight is 295 g/mol. The van der Waals surface area contributed by atoms with Gasteiger partial charge in [0, 0.05) is 24.2 Å². The summed E-state index contributed by atoms with van der Waals surface area (Å²) >= 11 is 0. The molecule has 2 nitrogen and oxygen atoms in total. The standard InChI is InChI=1S/C16H16F3NO/c1-3-20-9-11-6-10(4-5-13(11)17)16-14(18)7-12(21-2)8-15(16)19/h4-8,20H,3,9H2,1-2H3. The maximum Gasteiger partial charge on any atom is 0.137 e. The normalized spacial score (nSPS) is 10.7. The van der Waals surface area contributed by atoms with E-state index in [2.05, 4.69) is 5.32 Å². The van der Waals surface area contributed by atoms with Crippen molar-refractivity contribution in [3.63, 3.8) is 0 Å². The zero-order valence-corrected chi connectivity index (χ0v) is 11.8. The Balaban J connectivity index is 2.47. The molecule has 0 aliphatic heterocycles. The highest BCUT2D eigenvalue weighted by Gasteiger charge is 2.15. The first-order valence-electron chi connectivity index (χ1n) is 6.59. The minimum absolute atomic E-state index is 0.101. The van der Waals surface area contributed by atoms with Gasteiger partial charge in [0.25, 0.3) is 0 Å². The number of hydrogen-bond acceptors (Lipinski definition) is 2. The summed E-state index contributed by atoms with van der Waals surface area (Å²) in [5, 5.41) is 2.98. The Morgan fingerprint density at radius 3 is 2.24 bits per heavy atom. The monoisotopic (exact) mass is 295 g/mol. The predicted octanol–water partition coefficient (Wildman–Crippen LogP) is 3.89. The van der Waals surface area contributed by atoms with Crippen LogP contribution in [0.25, 0.3) is 11.1 Å². The first kappa shape index (κ1) is 15.4. The molecule has 0 spiro atoms. The SMILES string of the molecule is CCNCc1cc(-c2c(F)cc(OC)cc2F)ccc1F. The van der Waals surface area contributed by atoms with Gasteiger partial charge >= 0.3 is 0 Å². The second kappa shape index (κ2) is 6.63. The van der Waals surface area contributed by atoms with Gasteiger partial charge in [-0.15, -0.1) is 0 Å². The zero-order chi connectivity index (χ0) is 15.4. The van der Waals surface area contributed by atoms with Crippen LogP contribution in [0.2, 0.25) is 0 Å². The molecule has 0 bridgehead atoms. The zero-order valence-electron chi connectivity index (χ0n) is 11.8. The van der Waals surface area contributed by atoms with E-state index in [0.29, 0.717) is 24.2 Å². The van der Waals surface area contributed by atoms with Crippen LogP contribution in [0.1, 0.15) is 12.5 Å². The highest BCUT2D eigenvalue weighted by molar-refractivity contribution is 5.66. The van der Waals surface area contributed by atoms with Crippen LogP contribution in [-0.4, -0.2) is 13.7 Å². The molecular formula is C16H16F3NO. The first-order valence-corrected chi connectivity index (χ1v) is 6.59. The quantitative estimate of drug-likeness (QED) is 0.903. The largest absolute Gasteiger partial charge is 0.497 e. The van der Waals surface area contributed by atoms with Gasteiger partial charge in [-0.1, -0.05) is 13.0 Å². The molecule has 0 saturated heterocycles. The van der Waals surface area contributed by atoms with E-state index in [4.69, 9.17) is 4.74 Å². The van der Waals surface area contributed by atoms with Crippen molar-refractivity contribution in [2.75, 3.05) is 13.7 Å². The summed E-state index contributed by atoms with van der Waals surface area (Å²) in [5.41, 5.74) is 0.472. The van der Waals surface area contributed by atoms with Gasteiger partial charge in [-0.3, -0.25) is 0 Å². The van der Waals surface area contributed by atoms with Crippen LogP contribution in [0.5, 0.6) is 5.75 Å². The maximum absolute atomic E-state index is 14.0. The van der Waals surface area contributed by atoms with Crippen molar-refractivity contribution in [1.29, 1.82) is 0 Å². The predicted molar refractivity (Wildman–Crippen MR) is 75.7 cm³/mol. The molecule has 2 aromatic rings. The van der Waals surface area contributed by atoms with Gasteiger partial charge in [0.05, 0.1) is 12.7 Å². The molecule has 0 saturated carbocycles. The number of benzene rings is 2. The Morgan fingerprint density at radius 1 is 1.00 bits per heavy atom. The molecule has 0 heterocycles. The average Bonchev–Trinajstić information content (AvgIpc) is 2.46. The van der Waals surface area contributed by atoms with E-state index in [1.165, 1.54) is 25.3 Å². The second-order valence-electron chi connectivity index (χ2n) is 4.55. The summed E-state index contributed by atoms with van der Waals surface area (Å²) in [6, 6.07) is 6.23. The minimum Gasteiger partial charge on any atom is -0.497 e. The summed E-state index contributed by atoms with van der Waals surface area (Å²) in [4.78, 5) is 0. The van der Waals surface area contributed by atoms with Crippen LogP contribution in [0.4, 0.5) is 13.2 Å². The molecule has 5 heteroatoms. The van der Waals surface area contributed by atoms with Crippen LogP contribution in [0.15, 0.2) is 30.3 Å². The lowest BCUT2D eigenvalue weighted by atomic mass is 10.0. The Kier molecular flexibility index (Phi) is 4.85. The molecule has 0 unspecified atom stereocenters. The third-order valence-corrected chi connectivity index (χ3v) is 3.15. The van der Waals surface area contributed by atoms with Crippen molar-refractivity contribution in [2.24, 2.45) is 0 Å². The lowest BCUT2D eigenvalue weighted by Gasteiger charge is -2.10. The summed E-state index contributed by atoms with van der Waals surface area (Å²) in [5.74, 6) is -1.79. The lowest BCUT2D eigenvalue weighted by Crippen LogP contribution is -2.13. The van der Waals surface area contributed by atoms with Gasteiger partial charge in [0.1, 0.15) is 23.2 Å². The Labute approximate surface area is 121 Å². The molecule has 0 aliphatic rings. The number of nitrogens with one attached hydrogen (secondary N) is 1. The van der Waals surface area contributed by atoms with Crippen LogP contribution >= 0.6 is 0 Å². The van der Waals surface area contributed by atoms with Crippen LogP contribution in [-0.2, 0) is 6.54 Å². The van der Waals surface area contributed by atoms with Crippen LogP contribution in [0.3, 0.4) is 0 Å². The fourth-order valence-corrected chi connectivity index (χ4v) is 2.07. The summed E-state index contributed by atoms with van der Waals surface area (Å²) in [6.45, 7) is 2.87. The Bertz CT molecular complexity index is 620. The minimum atomic E-state index is -0.743. The van der Waals surface area contributed by atoms with Gasteiger partial charge in [-0.25, -0.2) is 13.2 Å². The molecule has 2 rings (SSSR count).